The predicted molar refractivity (Wildman–Crippen MR) is 82.1 cm³/mol. The maximum absolute atomic E-state index is 5.83. The molecule has 2 heterocycles. The highest BCUT2D eigenvalue weighted by Crippen LogP contribution is 2.20. The van der Waals surface area contributed by atoms with E-state index in [1.54, 1.807) is 0 Å². The molecule has 2 atom stereocenters. The summed E-state index contributed by atoms with van der Waals surface area (Å²) in [6, 6.07) is 0.626. The minimum absolute atomic E-state index is 0.211. The van der Waals surface area contributed by atoms with Crippen LogP contribution in [0.15, 0.2) is 0 Å². The smallest absolute Gasteiger partial charge is 0.0594 e. The van der Waals surface area contributed by atoms with E-state index in [1.165, 1.54) is 19.3 Å². The summed E-state index contributed by atoms with van der Waals surface area (Å²) in [4.78, 5) is 2.55. The lowest BCUT2D eigenvalue weighted by molar-refractivity contribution is -0.0203. The molecule has 0 amide bonds. The van der Waals surface area contributed by atoms with Crippen LogP contribution in [0.2, 0.25) is 0 Å². The Labute approximate surface area is 124 Å². The molecule has 2 aliphatic heterocycles. The maximum atomic E-state index is 5.83. The summed E-state index contributed by atoms with van der Waals surface area (Å²) in [5, 5.41) is 3.79. The van der Waals surface area contributed by atoms with Gasteiger partial charge in [0.15, 0.2) is 0 Å². The topological polar surface area (TPSA) is 33.7 Å². The molecule has 0 aromatic carbocycles. The molecule has 2 aliphatic rings. The molecule has 4 nitrogen and oxygen atoms in total. The largest absolute Gasteiger partial charge is 0.379 e. The molecule has 20 heavy (non-hydrogen) atoms. The Bertz CT molecular complexity index is 276. The van der Waals surface area contributed by atoms with E-state index in [9.17, 15) is 0 Å². The monoisotopic (exact) mass is 284 g/mol. The summed E-state index contributed by atoms with van der Waals surface area (Å²) >= 11 is 0. The number of nitrogens with zero attached hydrogens (tertiary/aromatic N) is 1. The first kappa shape index (κ1) is 16.2. The molecule has 2 fully saturated rings. The number of rotatable bonds is 6. The second-order valence-corrected chi connectivity index (χ2v) is 6.80. The van der Waals surface area contributed by atoms with Crippen molar-refractivity contribution >= 4 is 0 Å². The lowest BCUT2D eigenvalue weighted by Crippen LogP contribution is -2.56. The van der Waals surface area contributed by atoms with Crippen molar-refractivity contribution in [1.82, 2.24) is 10.2 Å². The van der Waals surface area contributed by atoms with Crippen molar-refractivity contribution < 1.29 is 9.47 Å². The van der Waals surface area contributed by atoms with E-state index in [0.717, 1.165) is 45.9 Å². The van der Waals surface area contributed by atoms with E-state index in [-0.39, 0.29) is 5.54 Å². The van der Waals surface area contributed by atoms with Crippen LogP contribution in [-0.4, -0.2) is 62.0 Å². The first-order valence-electron chi connectivity index (χ1n) is 8.29. The van der Waals surface area contributed by atoms with E-state index in [2.05, 4.69) is 31.0 Å². The van der Waals surface area contributed by atoms with Crippen molar-refractivity contribution in [3.8, 4) is 0 Å². The molecular formula is C16H32N2O2. The van der Waals surface area contributed by atoms with Crippen LogP contribution in [0.25, 0.3) is 0 Å². The normalized spacial score (nSPS) is 29.6. The van der Waals surface area contributed by atoms with Gasteiger partial charge >= 0.3 is 0 Å². The van der Waals surface area contributed by atoms with Crippen molar-refractivity contribution in [3.63, 3.8) is 0 Å². The Hall–Kier alpha value is -0.160. The summed E-state index contributed by atoms with van der Waals surface area (Å²) in [6.07, 6.45) is 5.21. The minimum Gasteiger partial charge on any atom is -0.379 e. The number of hydrogen-bond donors (Lipinski definition) is 1. The van der Waals surface area contributed by atoms with Crippen molar-refractivity contribution in [3.05, 3.63) is 0 Å². The molecule has 118 valence electrons. The van der Waals surface area contributed by atoms with Gasteiger partial charge in [0.05, 0.1) is 19.3 Å². The SMILES string of the molecule is CCCC1CC(NCC(C)(C)N2CCOCC2)CCO1. The van der Waals surface area contributed by atoms with Gasteiger partial charge in [0, 0.05) is 37.8 Å². The van der Waals surface area contributed by atoms with Crippen molar-refractivity contribution in [1.29, 1.82) is 0 Å². The molecular weight excluding hydrogens is 252 g/mol. The van der Waals surface area contributed by atoms with Gasteiger partial charge in [-0.3, -0.25) is 4.90 Å². The zero-order valence-electron chi connectivity index (χ0n) is 13.5. The second kappa shape index (κ2) is 7.74. The summed E-state index contributed by atoms with van der Waals surface area (Å²) in [7, 11) is 0. The zero-order valence-corrected chi connectivity index (χ0v) is 13.5. The molecule has 2 unspecified atom stereocenters. The van der Waals surface area contributed by atoms with Crippen LogP contribution in [-0.2, 0) is 9.47 Å². The molecule has 4 heteroatoms. The summed E-state index contributed by atoms with van der Waals surface area (Å²) in [6.45, 7) is 12.8. The quantitative estimate of drug-likeness (QED) is 0.809. The highest BCUT2D eigenvalue weighted by molar-refractivity contribution is 4.87. The minimum atomic E-state index is 0.211. The van der Waals surface area contributed by atoms with Gasteiger partial charge in [0.25, 0.3) is 0 Å². The molecule has 0 radical (unpaired) electrons. The number of hydrogen-bond acceptors (Lipinski definition) is 4. The third-order valence-electron chi connectivity index (χ3n) is 4.67. The molecule has 2 saturated heterocycles. The number of morpholine rings is 1. The van der Waals surface area contributed by atoms with Gasteiger partial charge in [-0.25, -0.2) is 0 Å². The van der Waals surface area contributed by atoms with Gasteiger partial charge in [-0.2, -0.15) is 0 Å². The van der Waals surface area contributed by atoms with Crippen LogP contribution in [0.3, 0.4) is 0 Å². The third kappa shape index (κ3) is 4.69. The number of nitrogens with one attached hydrogen (secondary N) is 1. The van der Waals surface area contributed by atoms with Crippen LogP contribution in [0.5, 0.6) is 0 Å². The fourth-order valence-electron chi connectivity index (χ4n) is 3.26. The van der Waals surface area contributed by atoms with Crippen LogP contribution >= 0.6 is 0 Å². The van der Waals surface area contributed by atoms with Crippen molar-refractivity contribution in [2.24, 2.45) is 0 Å². The summed E-state index contributed by atoms with van der Waals surface area (Å²) < 4.78 is 11.3. The fraction of sp³-hybridized carbons (Fsp3) is 1.00. The van der Waals surface area contributed by atoms with Gasteiger partial charge in [-0.1, -0.05) is 13.3 Å². The molecule has 1 N–H and O–H groups in total. The first-order chi connectivity index (χ1) is 9.62. The second-order valence-electron chi connectivity index (χ2n) is 6.80. The predicted octanol–water partition coefficient (Wildman–Crippen LogP) is 2.03. The Morgan fingerprint density at radius 2 is 1.95 bits per heavy atom. The summed E-state index contributed by atoms with van der Waals surface area (Å²) in [5.74, 6) is 0. The molecule has 0 bridgehead atoms. The van der Waals surface area contributed by atoms with Crippen LogP contribution in [0.4, 0.5) is 0 Å². The molecule has 2 rings (SSSR count). The molecule has 0 aromatic heterocycles. The maximum Gasteiger partial charge on any atom is 0.0594 e. The average Bonchev–Trinajstić information content (AvgIpc) is 2.47. The Kier molecular flexibility index (Phi) is 6.27. The molecule has 0 aliphatic carbocycles. The van der Waals surface area contributed by atoms with Crippen LogP contribution in [0.1, 0.15) is 46.5 Å². The van der Waals surface area contributed by atoms with E-state index in [4.69, 9.17) is 9.47 Å². The van der Waals surface area contributed by atoms with E-state index >= 15 is 0 Å². The summed E-state index contributed by atoms with van der Waals surface area (Å²) in [5.41, 5.74) is 0.211. The third-order valence-corrected chi connectivity index (χ3v) is 4.67. The molecule has 0 aromatic rings. The number of ether oxygens (including phenoxy) is 2. The van der Waals surface area contributed by atoms with Crippen molar-refractivity contribution in [2.75, 3.05) is 39.5 Å². The fourth-order valence-corrected chi connectivity index (χ4v) is 3.26. The van der Waals surface area contributed by atoms with Gasteiger partial charge in [0.1, 0.15) is 0 Å². The van der Waals surface area contributed by atoms with E-state index in [1.807, 2.05) is 0 Å². The molecule has 0 saturated carbocycles. The standard InChI is InChI=1S/C16H32N2O2/c1-4-5-15-12-14(6-9-20-15)17-13-16(2,3)18-7-10-19-11-8-18/h14-15,17H,4-13H2,1-3H3. The van der Waals surface area contributed by atoms with E-state index in [0.29, 0.717) is 12.1 Å². The van der Waals surface area contributed by atoms with Crippen molar-refractivity contribution in [2.45, 2.75) is 64.1 Å². The zero-order chi connectivity index (χ0) is 14.4. The Morgan fingerprint density at radius 3 is 2.65 bits per heavy atom. The van der Waals surface area contributed by atoms with Gasteiger partial charge < -0.3 is 14.8 Å². The highest BCUT2D eigenvalue weighted by Gasteiger charge is 2.30. The molecule has 0 spiro atoms. The Balaban J connectivity index is 1.75. The van der Waals surface area contributed by atoms with Crippen LogP contribution in [0, 0.1) is 0 Å². The lowest BCUT2D eigenvalue weighted by Gasteiger charge is -2.42. The van der Waals surface area contributed by atoms with E-state index < -0.39 is 0 Å². The first-order valence-corrected chi connectivity index (χ1v) is 8.29. The van der Waals surface area contributed by atoms with Gasteiger partial charge in [-0.05, 0) is 33.1 Å². The lowest BCUT2D eigenvalue weighted by atomic mass is 9.97. The average molecular weight is 284 g/mol. The van der Waals surface area contributed by atoms with Crippen LogP contribution < -0.4 is 5.32 Å². The van der Waals surface area contributed by atoms with Gasteiger partial charge in [0.2, 0.25) is 0 Å². The highest BCUT2D eigenvalue weighted by atomic mass is 16.5. The van der Waals surface area contributed by atoms with Gasteiger partial charge in [-0.15, -0.1) is 0 Å². The Morgan fingerprint density at radius 1 is 1.20 bits per heavy atom.